The second kappa shape index (κ2) is 6.78. The van der Waals surface area contributed by atoms with Crippen molar-refractivity contribution in [2.75, 3.05) is 20.2 Å². The zero-order chi connectivity index (χ0) is 13.0. The number of hydrogen-bond acceptors (Lipinski definition) is 3. The van der Waals surface area contributed by atoms with Crippen LogP contribution < -0.4 is 10.1 Å². The van der Waals surface area contributed by atoms with Gasteiger partial charge in [-0.1, -0.05) is 12.1 Å². The molecule has 0 spiro atoms. The number of aliphatic carboxylic acids is 1. The lowest BCUT2D eigenvalue weighted by molar-refractivity contribution is -0.150. The van der Waals surface area contributed by atoms with Crippen LogP contribution in [-0.4, -0.2) is 31.3 Å². The maximum Gasteiger partial charge on any atom is 0.310 e. The molecule has 1 aromatic carbocycles. The number of carboxylic acids is 1. The van der Waals surface area contributed by atoms with Gasteiger partial charge >= 0.3 is 5.97 Å². The Morgan fingerprint density at radius 3 is 2.37 bits per heavy atom. The van der Waals surface area contributed by atoms with Gasteiger partial charge in [0.25, 0.3) is 0 Å². The quantitative estimate of drug-likeness (QED) is 0.890. The van der Waals surface area contributed by atoms with E-state index >= 15 is 0 Å². The van der Waals surface area contributed by atoms with Crippen LogP contribution in [-0.2, 0) is 11.2 Å². The van der Waals surface area contributed by atoms with Crippen molar-refractivity contribution in [3.8, 4) is 5.75 Å². The number of methoxy groups -OCH3 is 1. The first-order valence-electron chi connectivity index (χ1n) is 6.23. The van der Waals surface area contributed by atoms with E-state index in [4.69, 9.17) is 4.74 Å². The largest absolute Gasteiger partial charge is 0.497 e. The van der Waals surface area contributed by atoms with Gasteiger partial charge in [0, 0.05) is 0 Å². The smallest absolute Gasteiger partial charge is 0.310 e. The molecule has 1 aliphatic rings. The van der Waals surface area contributed by atoms with Crippen molar-refractivity contribution in [1.82, 2.24) is 5.32 Å². The minimum absolute atomic E-state index is 0. The number of hydrogen-bond donors (Lipinski definition) is 2. The minimum Gasteiger partial charge on any atom is -0.497 e. The molecule has 0 aliphatic carbocycles. The van der Waals surface area contributed by atoms with E-state index in [1.165, 1.54) is 0 Å². The monoisotopic (exact) mass is 285 g/mol. The van der Waals surface area contributed by atoms with Crippen molar-refractivity contribution in [3.05, 3.63) is 29.8 Å². The van der Waals surface area contributed by atoms with Crippen molar-refractivity contribution in [3.63, 3.8) is 0 Å². The number of ether oxygens (including phenoxy) is 1. The third-order valence-electron chi connectivity index (χ3n) is 3.72. The molecule has 19 heavy (non-hydrogen) atoms. The molecule has 0 bridgehead atoms. The van der Waals surface area contributed by atoms with Crippen LogP contribution >= 0.6 is 12.4 Å². The molecular weight excluding hydrogens is 266 g/mol. The zero-order valence-corrected chi connectivity index (χ0v) is 11.8. The van der Waals surface area contributed by atoms with E-state index in [1.807, 2.05) is 24.3 Å². The van der Waals surface area contributed by atoms with Crippen LogP contribution in [0.2, 0.25) is 0 Å². The number of piperidine rings is 1. The molecule has 1 fully saturated rings. The standard InChI is InChI=1S/C14H19NO3.ClH/c1-18-12-4-2-11(3-5-12)10-14(13(16)17)6-8-15-9-7-14;/h2-5,15H,6-10H2,1H3,(H,16,17);1H. The van der Waals surface area contributed by atoms with Gasteiger partial charge in [-0.2, -0.15) is 0 Å². The van der Waals surface area contributed by atoms with Gasteiger partial charge in [-0.05, 0) is 50.0 Å². The second-order valence-corrected chi connectivity index (χ2v) is 4.86. The highest BCUT2D eigenvalue weighted by molar-refractivity contribution is 5.85. The number of benzene rings is 1. The van der Waals surface area contributed by atoms with Gasteiger partial charge < -0.3 is 15.2 Å². The molecular formula is C14H20ClNO3. The topological polar surface area (TPSA) is 58.6 Å². The first kappa shape index (κ1) is 15.8. The molecule has 1 aromatic rings. The molecule has 0 atom stereocenters. The van der Waals surface area contributed by atoms with Crippen LogP contribution in [0.5, 0.6) is 5.75 Å². The van der Waals surface area contributed by atoms with Crippen molar-refractivity contribution in [1.29, 1.82) is 0 Å². The molecule has 0 aromatic heterocycles. The second-order valence-electron chi connectivity index (χ2n) is 4.86. The molecule has 2 rings (SSSR count). The summed E-state index contributed by atoms with van der Waals surface area (Å²) < 4.78 is 5.11. The van der Waals surface area contributed by atoms with Crippen LogP contribution in [0.4, 0.5) is 0 Å². The molecule has 5 heteroatoms. The van der Waals surface area contributed by atoms with Crippen LogP contribution in [0, 0.1) is 5.41 Å². The fourth-order valence-electron chi connectivity index (χ4n) is 2.51. The summed E-state index contributed by atoms with van der Waals surface area (Å²) in [5.41, 5.74) is 0.444. The Morgan fingerprint density at radius 1 is 1.32 bits per heavy atom. The predicted molar refractivity (Wildman–Crippen MR) is 76.1 cm³/mol. The van der Waals surface area contributed by atoms with Crippen molar-refractivity contribution in [2.24, 2.45) is 5.41 Å². The average molecular weight is 286 g/mol. The molecule has 106 valence electrons. The third-order valence-corrected chi connectivity index (χ3v) is 3.72. The number of rotatable bonds is 4. The summed E-state index contributed by atoms with van der Waals surface area (Å²) in [6.07, 6.45) is 1.97. The summed E-state index contributed by atoms with van der Waals surface area (Å²) in [5.74, 6) is 0.119. The lowest BCUT2D eigenvalue weighted by atomic mass is 9.74. The Bertz CT molecular complexity index is 413. The van der Waals surface area contributed by atoms with Crippen LogP contribution in [0.15, 0.2) is 24.3 Å². The molecule has 1 aliphatic heterocycles. The molecule has 0 radical (unpaired) electrons. The highest BCUT2D eigenvalue weighted by Crippen LogP contribution is 2.33. The fourth-order valence-corrected chi connectivity index (χ4v) is 2.51. The van der Waals surface area contributed by atoms with Gasteiger partial charge in [0.2, 0.25) is 0 Å². The van der Waals surface area contributed by atoms with Gasteiger partial charge in [-0.3, -0.25) is 4.79 Å². The van der Waals surface area contributed by atoms with Crippen molar-refractivity contribution in [2.45, 2.75) is 19.3 Å². The van der Waals surface area contributed by atoms with E-state index in [2.05, 4.69) is 5.32 Å². The van der Waals surface area contributed by atoms with Crippen LogP contribution in [0.25, 0.3) is 0 Å². The van der Waals surface area contributed by atoms with Gasteiger partial charge in [-0.15, -0.1) is 12.4 Å². The van der Waals surface area contributed by atoms with Gasteiger partial charge in [0.05, 0.1) is 12.5 Å². The van der Waals surface area contributed by atoms with Crippen molar-refractivity contribution < 1.29 is 14.6 Å². The fraction of sp³-hybridized carbons (Fsp3) is 0.500. The summed E-state index contributed by atoms with van der Waals surface area (Å²) in [5, 5.41) is 12.7. The highest BCUT2D eigenvalue weighted by Gasteiger charge is 2.39. The van der Waals surface area contributed by atoms with E-state index < -0.39 is 11.4 Å². The van der Waals surface area contributed by atoms with E-state index in [9.17, 15) is 9.90 Å². The maximum atomic E-state index is 11.6. The van der Waals surface area contributed by atoms with Gasteiger partial charge in [0.1, 0.15) is 5.75 Å². The lowest BCUT2D eigenvalue weighted by Gasteiger charge is -2.33. The Morgan fingerprint density at radius 2 is 1.89 bits per heavy atom. The molecule has 4 nitrogen and oxygen atoms in total. The van der Waals surface area contributed by atoms with Gasteiger partial charge in [0.15, 0.2) is 0 Å². The Labute approximate surface area is 119 Å². The van der Waals surface area contributed by atoms with Crippen molar-refractivity contribution >= 4 is 18.4 Å². The Balaban J connectivity index is 0.00000180. The zero-order valence-electron chi connectivity index (χ0n) is 11.0. The molecule has 0 saturated carbocycles. The third kappa shape index (κ3) is 3.61. The van der Waals surface area contributed by atoms with E-state index in [0.29, 0.717) is 19.3 Å². The normalized spacial score (nSPS) is 17.3. The Kier molecular flexibility index (Phi) is 5.63. The minimum atomic E-state index is -0.681. The van der Waals surface area contributed by atoms with E-state index in [1.54, 1.807) is 7.11 Å². The summed E-state index contributed by atoms with van der Waals surface area (Å²) in [4.78, 5) is 11.6. The first-order valence-corrected chi connectivity index (χ1v) is 6.23. The summed E-state index contributed by atoms with van der Waals surface area (Å²) in [6.45, 7) is 1.56. The molecule has 1 saturated heterocycles. The Hall–Kier alpha value is -1.26. The van der Waals surface area contributed by atoms with E-state index in [-0.39, 0.29) is 12.4 Å². The summed E-state index contributed by atoms with van der Waals surface area (Å²) >= 11 is 0. The average Bonchev–Trinajstić information content (AvgIpc) is 2.40. The van der Waals surface area contributed by atoms with Crippen LogP contribution in [0.3, 0.4) is 0 Å². The predicted octanol–water partition coefficient (Wildman–Crippen LogP) is 2.11. The molecule has 1 heterocycles. The number of carbonyl (C=O) groups is 1. The number of nitrogens with one attached hydrogen (secondary N) is 1. The summed E-state index contributed by atoms with van der Waals surface area (Å²) in [7, 11) is 1.63. The highest BCUT2D eigenvalue weighted by atomic mass is 35.5. The number of carboxylic acid groups (broad SMARTS) is 1. The molecule has 0 amide bonds. The number of halogens is 1. The SMILES string of the molecule is COc1ccc(CC2(C(=O)O)CCNCC2)cc1.Cl. The lowest BCUT2D eigenvalue weighted by Crippen LogP contribution is -2.43. The molecule has 2 N–H and O–H groups in total. The van der Waals surface area contributed by atoms with Gasteiger partial charge in [-0.25, -0.2) is 0 Å². The summed E-state index contributed by atoms with van der Waals surface area (Å²) in [6, 6.07) is 7.66. The van der Waals surface area contributed by atoms with E-state index in [0.717, 1.165) is 24.4 Å². The first-order chi connectivity index (χ1) is 8.66. The molecule has 0 unspecified atom stereocenters. The van der Waals surface area contributed by atoms with Crippen LogP contribution in [0.1, 0.15) is 18.4 Å². The maximum absolute atomic E-state index is 11.6.